The van der Waals surface area contributed by atoms with Crippen LogP contribution in [0.4, 0.5) is 11.6 Å². The highest BCUT2D eigenvalue weighted by Gasteiger charge is 2.05. The van der Waals surface area contributed by atoms with E-state index in [-0.39, 0.29) is 0 Å². The Morgan fingerprint density at radius 2 is 2.11 bits per heavy atom. The monoisotopic (exact) mass is 253 g/mol. The van der Waals surface area contributed by atoms with Crippen LogP contribution in [0.1, 0.15) is 11.1 Å². The lowest BCUT2D eigenvalue weighted by atomic mass is 10.2. The Morgan fingerprint density at radius 3 is 2.84 bits per heavy atom. The number of hydrogen-bond donors (Lipinski definition) is 1. The molecule has 5 heteroatoms. The van der Waals surface area contributed by atoms with Gasteiger partial charge in [0.1, 0.15) is 11.6 Å². The summed E-state index contributed by atoms with van der Waals surface area (Å²) in [4.78, 5) is 10.5. The second-order valence-electron chi connectivity index (χ2n) is 4.28. The molecule has 2 aromatic heterocycles. The number of hydrogen-bond acceptors (Lipinski definition) is 5. The van der Waals surface area contributed by atoms with Gasteiger partial charge in [-0.15, -0.1) is 0 Å². The maximum Gasteiger partial charge on any atom is 0.132 e. The molecule has 0 unspecified atom stereocenters. The van der Waals surface area contributed by atoms with Gasteiger partial charge in [0.05, 0.1) is 11.6 Å². The summed E-state index contributed by atoms with van der Waals surface area (Å²) in [5, 5.41) is 12.0. The number of nitriles is 1. The van der Waals surface area contributed by atoms with Crippen molar-refractivity contribution in [3.63, 3.8) is 0 Å². The summed E-state index contributed by atoms with van der Waals surface area (Å²) in [5.74, 6) is 1.61. The number of rotatable bonds is 4. The van der Waals surface area contributed by atoms with Crippen LogP contribution in [-0.2, 0) is 6.54 Å². The molecule has 0 aliphatic carbocycles. The second kappa shape index (κ2) is 5.83. The van der Waals surface area contributed by atoms with E-state index in [0.29, 0.717) is 17.9 Å². The average molecular weight is 253 g/mol. The standard InChI is InChI=1S/C14H15N5/c1-19(2)14-12(4-3-6-17-14)10-18-13-8-11(9-15)5-7-16-13/h3-8H,10H2,1-2H3,(H,16,18). The van der Waals surface area contributed by atoms with Gasteiger partial charge < -0.3 is 10.2 Å². The van der Waals surface area contributed by atoms with E-state index in [2.05, 4.69) is 21.4 Å². The first-order chi connectivity index (χ1) is 9.20. The number of anilines is 2. The molecular weight excluding hydrogens is 238 g/mol. The highest BCUT2D eigenvalue weighted by Crippen LogP contribution is 2.16. The molecule has 0 aliphatic rings. The zero-order valence-electron chi connectivity index (χ0n) is 11.0. The van der Waals surface area contributed by atoms with Gasteiger partial charge in [-0.1, -0.05) is 6.07 Å². The number of aromatic nitrogens is 2. The fourth-order valence-electron chi connectivity index (χ4n) is 1.75. The Balaban J connectivity index is 2.12. The summed E-state index contributed by atoms with van der Waals surface area (Å²) in [5.41, 5.74) is 1.67. The van der Waals surface area contributed by atoms with E-state index in [4.69, 9.17) is 5.26 Å². The molecule has 0 bridgehead atoms. The lowest BCUT2D eigenvalue weighted by Gasteiger charge is -2.16. The van der Waals surface area contributed by atoms with Crippen molar-refractivity contribution in [1.29, 1.82) is 5.26 Å². The molecule has 0 saturated carbocycles. The Labute approximate surface area is 112 Å². The summed E-state index contributed by atoms with van der Waals surface area (Å²) < 4.78 is 0. The SMILES string of the molecule is CN(C)c1ncccc1CNc1cc(C#N)ccn1. The van der Waals surface area contributed by atoms with E-state index in [0.717, 1.165) is 11.4 Å². The van der Waals surface area contributed by atoms with Gasteiger partial charge in [-0.2, -0.15) is 5.26 Å². The molecule has 2 heterocycles. The molecule has 2 aromatic rings. The maximum absolute atomic E-state index is 8.84. The molecule has 1 N–H and O–H groups in total. The number of nitrogens with zero attached hydrogens (tertiary/aromatic N) is 4. The normalized spacial score (nSPS) is 9.74. The maximum atomic E-state index is 8.84. The summed E-state index contributed by atoms with van der Waals surface area (Å²) in [7, 11) is 3.92. The molecular formula is C14H15N5. The molecule has 0 atom stereocenters. The van der Waals surface area contributed by atoms with Gasteiger partial charge in [-0.05, 0) is 18.2 Å². The minimum absolute atomic E-state index is 0.594. The van der Waals surface area contributed by atoms with Crippen LogP contribution in [-0.4, -0.2) is 24.1 Å². The molecule has 0 saturated heterocycles. The van der Waals surface area contributed by atoms with E-state index in [1.54, 1.807) is 24.5 Å². The summed E-state index contributed by atoms with van der Waals surface area (Å²) in [6.45, 7) is 0.614. The predicted octanol–water partition coefficient (Wildman–Crippen LogP) is 2.03. The molecule has 96 valence electrons. The van der Waals surface area contributed by atoms with Crippen molar-refractivity contribution in [2.24, 2.45) is 0 Å². The third-order valence-corrected chi connectivity index (χ3v) is 2.64. The first-order valence-corrected chi connectivity index (χ1v) is 5.92. The van der Waals surface area contributed by atoms with Crippen molar-refractivity contribution in [2.45, 2.75) is 6.54 Å². The lowest BCUT2D eigenvalue weighted by Crippen LogP contribution is -2.14. The van der Waals surface area contributed by atoms with E-state index in [1.807, 2.05) is 31.1 Å². The minimum Gasteiger partial charge on any atom is -0.366 e. The molecule has 19 heavy (non-hydrogen) atoms. The van der Waals surface area contributed by atoms with E-state index >= 15 is 0 Å². The van der Waals surface area contributed by atoms with Gasteiger partial charge in [-0.3, -0.25) is 0 Å². The van der Waals surface area contributed by atoms with Gasteiger partial charge in [0.15, 0.2) is 0 Å². The number of nitrogens with one attached hydrogen (secondary N) is 1. The van der Waals surface area contributed by atoms with Gasteiger partial charge in [0.25, 0.3) is 0 Å². The van der Waals surface area contributed by atoms with Crippen LogP contribution in [0, 0.1) is 11.3 Å². The topological polar surface area (TPSA) is 64.8 Å². The van der Waals surface area contributed by atoms with Crippen LogP contribution >= 0.6 is 0 Å². The van der Waals surface area contributed by atoms with Crippen LogP contribution in [0.2, 0.25) is 0 Å². The third kappa shape index (κ3) is 3.19. The fraction of sp³-hybridized carbons (Fsp3) is 0.214. The van der Waals surface area contributed by atoms with Crippen molar-refractivity contribution < 1.29 is 0 Å². The van der Waals surface area contributed by atoms with Crippen LogP contribution in [0.15, 0.2) is 36.7 Å². The smallest absolute Gasteiger partial charge is 0.132 e. The van der Waals surface area contributed by atoms with Crippen molar-refractivity contribution in [3.8, 4) is 6.07 Å². The minimum atomic E-state index is 0.594. The van der Waals surface area contributed by atoms with Crippen molar-refractivity contribution in [3.05, 3.63) is 47.8 Å². The lowest BCUT2D eigenvalue weighted by molar-refractivity contribution is 1.01. The van der Waals surface area contributed by atoms with Crippen molar-refractivity contribution >= 4 is 11.6 Å². The Morgan fingerprint density at radius 1 is 1.26 bits per heavy atom. The molecule has 0 amide bonds. The van der Waals surface area contributed by atoms with Crippen molar-refractivity contribution in [2.75, 3.05) is 24.3 Å². The van der Waals surface area contributed by atoms with Crippen LogP contribution < -0.4 is 10.2 Å². The third-order valence-electron chi connectivity index (χ3n) is 2.64. The Bertz CT molecular complexity index is 601. The molecule has 0 radical (unpaired) electrons. The average Bonchev–Trinajstić information content (AvgIpc) is 2.45. The molecule has 0 fully saturated rings. The quantitative estimate of drug-likeness (QED) is 0.903. The Kier molecular flexibility index (Phi) is 3.94. The second-order valence-corrected chi connectivity index (χ2v) is 4.28. The van der Waals surface area contributed by atoms with E-state index in [1.165, 1.54) is 0 Å². The first-order valence-electron chi connectivity index (χ1n) is 5.92. The molecule has 0 aromatic carbocycles. The predicted molar refractivity (Wildman–Crippen MR) is 74.8 cm³/mol. The summed E-state index contributed by atoms with van der Waals surface area (Å²) in [6, 6.07) is 9.43. The van der Waals surface area contributed by atoms with E-state index < -0.39 is 0 Å². The van der Waals surface area contributed by atoms with Gasteiger partial charge >= 0.3 is 0 Å². The molecule has 5 nitrogen and oxygen atoms in total. The van der Waals surface area contributed by atoms with Gasteiger partial charge in [0, 0.05) is 38.6 Å². The largest absolute Gasteiger partial charge is 0.366 e. The molecule has 0 aliphatic heterocycles. The summed E-state index contributed by atoms with van der Waals surface area (Å²) in [6.07, 6.45) is 3.39. The highest BCUT2D eigenvalue weighted by molar-refractivity contribution is 5.48. The highest BCUT2D eigenvalue weighted by atomic mass is 15.1. The fourth-order valence-corrected chi connectivity index (χ4v) is 1.75. The zero-order valence-corrected chi connectivity index (χ0v) is 11.0. The van der Waals surface area contributed by atoms with Gasteiger partial charge in [0.2, 0.25) is 0 Å². The van der Waals surface area contributed by atoms with Gasteiger partial charge in [-0.25, -0.2) is 9.97 Å². The van der Waals surface area contributed by atoms with E-state index in [9.17, 15) is 0 Å². The number of pyridine rings is 2. The van der Waals surface area contributed by atoms with Crippen LogP contribution in [0.3, 0.4) is 0 Å². The van der Waals surface area contributed by atoms with Crippen molar-refractivity contribution in [1.82, 2.24) is 9.97 Å². The summed E-state index contributed by atoms with van der Waals surface area (Å²) >= 11 is 0. The first kappa shape index (κ1) is 12.8. The molecule has 2 rings (SSSR count). The van der Waals surface area contributed by atoms with Crippen LogP contribution in [0.25, 0.3) is 0 Å². The Hall–Kier alpha value is -2.61. The molecule has 0 spiro atoms. The van der Waals surface area contributed by atoms with Crippen LogP contribution in [0.5, 0.6) is 0 Å². The zero-order chi connectivity index (χ0) is 13.7.